The number of esters is 3. The number of hydrogen-bond acceptors (Lipinski definition) is 6. The Morgan fingerprint density at radius 1 is 0.351 bits per heavy atom. The molecule has 0 aliphatic heterocycles. The number of hydrogen-bond donors (Lipinski definition) is 0. The molecule has 0 radical (unpaired) electrons. The predicted molar refractivity (Wildman–Crippen MR) is 242 cm³/mol. The zero-order valence-electron chi connectivity index (χ0n) is 37.9. The minimum atomic E-state index is -0.770. The van der Waals surface area contributed by atoms with Gasteiger partial charge in [0.05, 0.1) is 0 Å². The van der Waals surface area contributed by atoms with Crippen LogP contribution in [0.4, 0.5) is 0 Å². The molecule has 0 saturated heterocycles. The third kappa shape index (κ3) is 44.6. The highest BCUT2D eigenvalue weighted by Gasteiger charge is 2.19. The molecule has 1 atom stereocenters. The van der Waals surface area contributed by atoms with Crippen molar-refractivity contribution >= 4 is 17.9 Å². The molecule has 0 spiro atoms. The first-order chi connectivity index (χ1) is 28.0. The van der Waals surface area contributed by atoms with Crippen LogP contribution in [0.5, 0.6) is 0 Å². The highest BCUT2D eigenvalue weighted by molar-refractivity contribution is 5.71. The molecule has 332 valence electrons. The van der Waals surface area contributed by atoms with Crippen LogP contribution in [0.15, 0.2) is 36.5 Å². The molecular weight excluding hydrogens is 709 g/mol. The summed E-state index contributed by atoms with van der Waals surface area (Å²) in [5, 5.41) is 0. The summed E-state index contributed by atoms with van der Waals surface area (Å²) in [5.74, 6) is -0.883. The van der Waals surface area contributed by atoms with Gasteiger partial charge in [0, 0.05) is 19.3 Å². The Labute approximate surface area is 353 Å². The molecule has 0 aromatic rings. The van der Waals surface area contributed by atoms with E-state index in [1.54, 1.807) is 0 Å². The van der Waals surface area contributed by atoms with Gasteiger partial charge in [-0.3, -0.25) is 14.4 Å². The van der Waals surface area contributed by atoms with E-state index in [0.717, 1.165) is 77.0 Å². The molecule has 6 heteroatoms. The van der Waals surface area contributed by atoms with E-state index in [9.17, 15) is 14.4 Å². The van der Waals surface area contributed by atoms with Gasteiger partial charge in [0.25, 0.3) is 0 Å². The molecule has 0 bridgehead atoms. The SMILES string of the molecule is CCCCC/C=C\C/C=C\C/C=C\CCCCCCCCC(=O)OCC(COC(=O)CCCCCCCCCCCC)OC(=O)CCCCCCCCCCCC. The van der Waals surface area contributed by atoms with Crippen LogP contribution in [-0.4, -0.2) is 37.2 Å². The molecule has 0 rings (SSSR count). The Bertz CT molecular complexity index is 969. The summed E-state index contributed by atoms with van der Waals surface area (Å²) < 4.78 is 16.7. The van der Waals surface area contributed by atoms with Crippen molar-refractivity contribution < 1.29 is 28.6 Å². The van der Waals surface area contributed by atoms with Crippen LogP contribution < -0.4 is 0 Å². The Morgan fingerprint density at radius 3 is 1.02 bits per heavy atom. The van der Waals surface area contributed by atoms with Crippen molar-refractivity contribution in [2.75, 3.05) is 13.2 Å². The van der Waals surface area contributed by atoms with E-state index in [1.807, 2.05) is 0 Å². The first-order valence-electron chi connectivity index (χ1n) is 24.5. The molecule has 0 N–H and O–H groups in total. The van der Waals surface area contributed by atoms with Gasteiger partial charge in [-0.2, -0.15) is 0 Å². The van der Waals surface area contributed by atoms with E-state index >= 15 is 0 Å². The maximum Gasteiger partial charge on any atom is 0.306 e. The van der Waals surface area contributed by atoms with Crippen LogP contribution >= 0.6 is 0 Å². The molecule has 0 aliphatic carbocycles. The fourth-order valence-corrected chi connectivity index (χ4v) is 6.92. The lowest BCUT2D eigenvalue weighted by Gasteiger charge is -2.18. The van der Waals surface area contributed by atoms with E-state index in [4.69, 9.17) is 14.2 Å². The molecule has 0 heterocycles. The molecule has 0 fully saturated rings. The van der Waals surface area contributed by atoms with E-state index in [-0.39, 0.29) is 31.1 Å². The van der Waals surface area contributed by atoms with Crippen molar-refractivity contribution in [2.24, 2.45) is 0 Å². The second-order valence-electron chi connectivity index (χ2n) is 16.4. The largest absolute Gasteiger partial charge is 0.462 e. The monoisotopic (exact) mass is 801 g/mol. The van der Waals surface area contributed by atoms with Crippen molar-refractivity contribution in [2.45, 2.75) is 258 Å². The fraction of sp³-hybridized carbons (Fsp3) is 0.824. The third-order valence-electron chi connectivity index (χ3n) is 10.6. The lowest BCUT2D eigenvalue weighted by Crippen LogP contribution is -2.30. The molecule has 0 aromatic carbocycles. The number of ether oxygens (including phenoxy) is 3. The quantitative estimate of drug-likeness (QED) is 0.0264. The van der Waals surface area contributed by atoms with Gasteiger partial charge < -0.3 is 14.2 Å². The lowest BCUT2D eigenvalue weighted by molar-refractivity contribution is -0.167. The highest BCUT2D eigenvalue weighted by atomic mass is 16.6. The molecule has 0 aromatic heterocycles. The number of rotatable bonds is 44. The van der Waals surface area contributed by atoms with Crippen molar-refractivity contribution in [1.29, 1.82) is 0 Å². The standard InChI is InChI=1S/C51H92O6/c1-4-7-10-13-16-19-22-23-24-25-26-27-28-29-30-33-35-38-41-44-50(53)56-47-48(57-51(54)45-42-39-36-32-21-18-15-12-9-6-3)46-55-49(52)43-40-37-34-31-20-17-14-11-8-5-2/h16,19,23-24,26-27,48H,4-15,17-18,20-22,25,28-47H2,1-3H3/b19-16-,24-23-,27-26-. The second-order valence-corrected chi connectivity index (χ2v) is 16.4. The summed E-state index contributed by atoms with van der Waals surface area (Å²) >= 11 is 0. The van der Waals surface area contributed by atoms with Gasteiger partial charge in [-0.25, -0.2) is 0 Å². The average molecular weight is 801 g/mol. The van der Waals surface area contributed by atoms with Crippen molar-refractivity contribution in [3.05, 3.63) is 36.5 Å². The molecule has 0 saturated carbocycles. The number of carbonyl (C=O) groups is 3. The Balaban J connectivity index is 4.30. The van der Waals surface area contributed by atoms with Crippen LogP contribution in [0, 0.1) is 0 Å². The summed E-state index contributed by atoms with van der Waals surface area (Å²) in [5.41, 5.74) is 0. The Morgan fingerprint density at radius 2 is 0.632 bits per heavy atom. The van der Waals surface area contributed by atoms with Gasteiger partial charge in [0.2, 0.25) is 0 Å². The number of allylic oxidation sites excluding steroid dienone is 6. The minimum Gasteiger partial charge on any atom is -0.462 e. The molecular formula is C51H92O6. The van der Waals surface area contributed by atoms with Crippen LogP contribution in [0.3, 0.4) is 0 Å². The van der Waals surface area contributed by atoms with Crippen molar-refractivity contribution in [1.82, 2.24) is 0 Å². The van der Waals surface area contributed by atoms with Gasteiger partial charge in [-0.15, -0.1) is 0 Å². The maximum atomic E-state index is 12.7. The first-order valence-corrected chi connectivity index (χ1v) is 24.5. The van der Waals surface area contributed by atoms with Gasteiger partial charge >= 0.3 is 17.9 Å². The summed E-state index contributed by atoms with van der Waals surface area (Å²) in [4.78, 5) is 37.7. The molecule has 6 nitrogen and oxygen atoms in total. The Hall–Kier alpha value is -2.37. The molecule has 1 unspecified atom stereocenters. The van der Waals surface area contributed by atoms with Crippen LogP contribution in [0.1, 0.15) is 252 Å². The zero-order valence-corrected chi connectivity index (χ0v) is 37.9. The van der Waals surface area contributed by atoms with Gasteiger partial charge in [-0.1, -0.05) is 211 Å². The molecule has 0 amide bonds. The molecule has 0 aliphatic rings. The number of unbranched alkanes of at least 4 members (excludes halogenated alkanes) is 27. The average Bonchev–Trinajstić information content (AvgIpc) is 3.21. The van der Waals surface area contributed by atoms with Gasteiger partial charge in [0.1, 0.15) is 13.2 Å². The van der Waals surface area contributed by atoms with Crippen molar-refractivity contribution in [3.63, 3.8) is 0 Å². The normalized spacial score (nSPS) is 12.3. The van der Waals surface area contributed by atoms with Crippen LogP contribution in [-0.2, 0) is 28.6 Å². The van der Waals surface area contributed by atoms with E-state index < -0.39 is 6.10 Å². The molecule has 57 heavy (non-hydrogen) atoms. The first kappa shape index (κ1) is 54.6. The van der Waals surface area contributed by atoms with E-state index in [1.165, 1.54) is 135 Å². The second kappa shape index (κ2) is 46.3. The smallest absolute Gasteiger partial charge is 0.306 e. The minimum absolute atomic E-state index is 0.0730. The zero-order chi connectivity index (χ0) is 41.5. The predicted octanol–water partition coefficient (Wildman–Crippen LogP) is 15.8. The lowest BCUT2D eigenvalue weighted by atomic mass is 10.1. The van der Waals surface area contributed by atoms with E-state index in [0.29, 0.717) is 19.3 Å². The topological polar surface area (TPSA) is 78.9 Å². The van der Waals surface area contributed by atoms with Crippen LogP contribution in [0.25, 0.3) is 0 Å². The highest BCUT2D eigenvalue weighted by Crippen LogP contribution is 2.15. The summed E-state index contributed by atoms with van der Waals surface area (Å²) in [6.07, 6.45) is 52.7. The Kier molecular flexibility index (Phi) is 44.4. The van der Waals surface area contributed by atoms with E-state index in [2.05, 4.69) is 57.2 Å². The van der Waals surface area contributed by atoms with Gasteiger partial charge in [0.15, 0.2) is 6.10 Å². The summed E-state index contributed by atoms with van der Waals surface area (Å²) in [6, 6.07) is 0. The van der Waals surface area contributed by atoms with Crippen LogP contribution in [0.2, 0.25) is 0 Å². The van der Waals surface area contributed by atoms with Crippen molar-refractivity contribution in [3.8, 4) is 0 Å². The summed E-state index contributed by atoms with van der Waals surface area (Å²) in [7, 11) is 0. The van der Waals surface area contributed by atoms with Gasteiger partial charge in [-0.05, 0) is 57.8 Å². The number of carbonyl (C=O) groups excluding carboxylic acids is 3. The fourth-order valence-electron chi connectivity index (χ4n) is 6.92. The maximum absolute atomic E-state index is 12.7. The third-order valence-corrected chi connectivity index (χ3v) is 10.6. The summed E-state index contributed by atoms with van der Waals surface area (Å²) in [6.45, 7) is 6.58.